The molecule has 0 radical (unpaired) electrons. The van der Waals surface area contributed by atoms with Gasteiger partial charge in [0.05, 0.1) is 16.6 Å². The maximum Gasteiger partial charge on any atom is 0.147 e. The molecule has 2 nitrogen and oxygen atoms in total. The molecule has 0 amide bonds. The number of para-hydroxylation sites is 1. The minimum Gasteiger partial charge on any atom is -0.292 e. The van der Waals surface area contributed by atoms with E-state index in [0.29, 0.717) is 0 Å². The summed E-state index contributed by atoms with van der Waals surface area (Å²) < 4.78 is 2.36. The number of benzene rings is 11. The Morgan fingerprint density at radius 1 is 0.288 bits per heavy atom. The zero-order chi connectivity index (χ0) is 38.6. The maximum absolute atomic E-state index is 5.47. The Morgan fingerprint density at radius 2 is 0.780 bits per heavy atom. The molecule has 0 bridgehead atoms. The van der Waals surface area contributed by atoms with Crippen LogP contribution in [0, 0.1) is 0 Å². The molecule has 13 rings (SSSR count). The first kappa shape index (κ1) is 32.3. The van der Waals surface area contributed by atoms with E-state index in [4.69, 9.17) is 4.98 Å². The minimum absolute atomic E-state index is 0.985. The molecule has 0 aliphatic heterocycles. The number of hydrogen-bond acceptors (Lipinski definition) is 1. The predicted molar refractivity (Wildman–Crippen MR) is 252 cm³/mol. The molecule has 0 aliphatic rings. The lowest BCUT2D eigenvalue weighted by Gasteiger charge is -2.19. The fraction of sp³-hybridized carbons (Fsp3) is 0. The predicted octanol–water partition coefficient (Wildman–Crippen LogP) is 15.6. The van der Waals surface area contributed by atoms with Crippen molar-refractivity contribution in [2.24, 2.45) is 0 Å². The third kappa shape index (κ3) is 4.78. The summed E-state index contributed by atoms with van der Waals surface area (Å²) in [5, 5.41) is 16.0. The van der Waals surface area contributed by atoms with Crippen LogP contribution >= 0.6 is 0 Å². The van der Waals surface area contributed by atoms with Crippen molar-refractivity contribution < 1.29 is 0 Å². The molecule has 0 saturated carbocycles. The Hall–Kier alpha value is -7.81. The molecule has 59 heavy (non-hydrogen) atoms. The molecule has 2 heteroatoms. The lowest BCUT2D eigenvalue weighted by Crippen LogP contribution is -1.92. The molecule has 0 saturated heterocycles. The Kier molecular flexibility index (Phi) is 6.76. The lowest BCUT2D eigenvalue weighted by atomic mass is 9.84. The summed E-state index contributed by atoms with van der Waals surface area (Å²) in [5.74, 6) is 0. The Balaban J connectivity index is 1.10. The van der Waals surface area contributed by atoms with Gasteiger partial charge in [-0.05, 0) is 129 Å². The molecule has 13 aromatic rings. The molecule has 0 spiro atoms. The molecule has 0 aliphatic carbocycles. The van der Waals surface area contributed by atoms with Crippen LogP contribution in [0.1, 0.15) is 0 Å². The summed E-state index contributed by atoms with van der Waals surface area (Å²) in [5.41, 5.74) is 11.5. The Labute approximate surface area is 339 Å². The number of nitrogens with zero attached hydrogens (tertiary/aromatic N) is 2. The van der Waals surface area contributed by atoms with Crippen molar-refractivity contribution >= 4 is 92.2 Å². The van der Waals surface area contributed by atoms with E-state index in [9.17, 15) is 0 Å². The van der Waals surface area contributed by atoms with Crippen LogP contribution in [-0.2, 0) is 0 Å². The summed E-state index contributed by atoms with van der Waals surface area (Å²) in [6, 6.07) is 75.9. The van der Waals surface area contributed by atoms with Gasteiger partial charge in [-0.3, -0.25) is 4.40 Å². The van der Waals surface area contributed by atoms with Crippen LogP contribution in [0.25, 0.3) is 126 Å². The number of rotatable bonds is 3. The highest BCUT2D eigenvalue weighted by molar-refractivity contribution is 6.24. The molecule has 2 heterocycles. The quantitative estimate of drug-likeness (QED) is 0.130. The summed E-state index contributed by atoms with van der Waals surface area (Å²) >= 11 is 0. The molecule has 272 valence electrons. The second kappa shape index (κ2) is 12.3. The van der Waals surface area contributed by atoms with E-state index in [0.717, 1.165) is 22.2 Å². The van der Waals surface area contributed by atoms with E-state index in [1.165, 1.54) is 103 Å². The van der Waals surface area contributed by atoms with Crippen LogP contribution in [0.4, 0.5) is 0 Å². The van der Waals surface area contributed by atoms with E-state index < -0.39 is 0 Å². The normalized spacial score (nSPS) is 12.1. The van der Waals surface area contributed by atoms with Gasteiger partial charge in [-0.1, -0.05) is 170 Å². The van der Waals surface area contributed by atoms with Crippen molar-refractivity contribution in [1.82, 2.24) is 9.38 Å². The van der Waals surface area contributed by atoms with Crippen LogP contribution in [0.15, 0.2) is 206 Å². The number of aromatic nitrogens is 2. The molecule has 11 aromatic carbocycles. The van der Waals surface area contributed by atoms with Gasteiger partial charge in [-0.25, -0.2) is 4.98 Å². The van der Waals surface area contributed by atoms with Crippen molar-refractivity contribution in [3.05, 3.63) is 206 Å². The van der Waals surface area contributed by atoms with Gasteiger partial charge in [0, 0.05) is 10.8 Å². The number of imidazole rings is 1. The van der Waals surface area contributed by atoms with Gasteiger partial charge in [-0.15, -0.1) is 0 Å². The molecule has 0 atom stereocenters. The first-order chi connectivity index (χ1) is 29.2. The van der Waals surface area contributed by atoms with Crippen LogP contribution in [0.3, 0.4) is 0 Å². The van der Waals surface area contributed by atoms with Gasteiger partial charge in [-0.2, -0.15) is 0 Å². The van der Waals surface area contributed by atoms with Gasteiger partial charge in [0.1, 0.15) is 5.65 Å². The van der Waals surface area contributed by atoms with E-state index in [1.807, 2.05) is 0 Å². The topological polar surface area (TPSA) is 17.3 Å². The molecular weight excluding hydrogens is 713 g/mol. The fourth-order valence-electron chi connectivity index (χ4n) is 9.97. The highest BCUT2D eigenvalue weighted by atomic mass is 15.0. The van der Waals surface area contributed by atoms with Crippen molar-refractivity contribution in [2.45, 2.75) is 0 Å². The zero-order valence-corrected chi connectivity index (χ0v) is 32.0. The summed E-state index contributed by atoms with van der Waals surface area (Å²) in [6.07, 6.45) is 0. The second-order valence-electron chi connectivity index (χ2n) is 15.9. The largest absolute Gasteiger partial charge is 0.292 e. The Bertz CT molecular complexity index is 3910. The molecule has 0 N–H and O–H groups in total. The fourth-order valence-corrected chi connectivity index (χ4v) is 9.97. The van der Waals surface area contributed by atoms with Gasteiger partial charge in [0.25, 0.3) is 0 Å². The number of fused-ring (bicyclic) bond motifs is 14. The van der Waals surface area contributed by atoms with Crippen molar-refractivity contribution in [3.63, 3.8) is 0 Å². The van der Waals surface area contributed by atoms with Gasteiger partial charge < -0.3 is 0 Å². The first-order valence-corrected chi connectivity index (χ1v) is 20.4. The third-order valence-electron chi connectivity index (χ3n) is 12.7. The zero-order valence-electron chi connectivity index (χ0n) is 32.0. The average Bonchev–Trinajstić information content (AvgIpc) is 3.69. The Morgan fingerprint density at radius 3 is 1.49 bits per heavy atom. The molecule has 0 unspecified atom stereocenters. The second-order valence-corrected chi connectivity index (χ2v) is 15.9. The molecule has 0 fully saturated rings. The number of pyridine rings is 1. The van der Waals surface area contributed by atoms with Crippen molar-refractivity contribution in [2.75, 3.05) is 0 Å². The highest BCUT2D eigenvalue weighted by Crippen LogP contribution is 2.46. The average molecular weight is 747 g/mol. The van der Waals surface area contributed by atoms with Crippen LogP contribution in [0.5, 0.6) is 0 Å². The van der Waals surface area contributed by atoms with E-state index in [2.05, 4.69) is 211 Å². The van der Waals surface area contributed by atoms with Gasteiger partial charge in [0.2, 0.25) is 0 Å². The third-order valence-corrected chi connectivity index (χ3v) is 12.7. The lowest BCUT2D eigenvalue weighted by molar-refractivity contribution is 1.32. The van der Waals surface area contributed by atoms with Gasteiger partial charge in [0.15, 0.2) is 0 Å². The summed E-state index contributed by atoms with van der Waals surface area (Å²) in [6.45, 7) is 0. The van der Waals surface area contributed by atoms with Crippen molar-refractivity contribution in [1.29, 1.82) is 0 Å². The van der Waals surface area contributed by atoms with Crippen LogP contribution in [-0.4, -0.2) is 9.38 Å². The monoisotopic (exact) mass is 746 g/mol. The molecular formula is C57H34N2. The minimum atomic E-state index is 0.985. The van der Waals surface area contributed by atoms with Gasteiger partial charge >= 0.3 is 0 Å². The highest BCUT2D eigenvalue weighted by Gasteiger charge is 2.20. The molecule has 2 aromatic heterocycles. The van der Waals surface area contributed by atoms with Crippen LogP contribution in [0.2, 0.25) is 0 Å². The van der Waals surface area contributed by atoms with Crippen LogP contribution < -0.4 is 0 Å². The van der Waals surface area contributed by atoms with E-state index in [1.54, 1.807) is 0 Å². The summed E-state index contributed by atoms with van der Waals surface area (Å²) in [7, 11) is 0. The number of hydrogen-bond donors (Lipinski definition) is 0. The first-order valence-electron chi connectivity index (χ1n) is 20.4. The maximum atomic E-state index is 5.47. The smallest absolute Gasteiger partial charge is 0.147 e. The van der Waals surface area contributed by atoms with E-state index in [-0.39, 0.29) is 0 Å². The summed E-state index contributed by atoms with van der Waals surface area (Å²) in [4.78, 5) is 5.47. The standard InChI is InChI=1S/C57H34N2/c1-3-14-38-31-42(23-21-35(38)11-1)54-46-18-7-8-19-47(46)55(43-24-22-36-12-2-4-15-39(36)32-43)50-33-40(26-29-49(50)54)41-27-30-53-51(34-41)58-57-56-44-16-6-5-13-37(44)25-28-48(56)45-17-9-10-20-52(45)59(53)57/h1-34H. The van der Waals surface area contributed by atoms with E-state index >= 15 is 0 Å². The SMILES string of the molecule is c1ccc2cc(-c3c4ccccc4c(-c4ccc5ccccc5c4)c4cc(-c5ccc6c(c5)nc5c7c8ccccc8ccc7c7ccccc7n65)ccc34)ccc2c1. The van der Waals surface area contributed by atoms with Crippen molar-refractivity contribution in [3.8, 4) is 33.4 Å².